The van der Waals surface area contributed by atoms with Crippen molar-refractivity contribution in [2.24, 2.45) is 0 Å². The van der Waals surface area contributed by atoms with Crippen LogP contribution in [-0.4, -0.2) is 70.4 Å². The first kappa shape index (κ1) is 23.9. The van der Waals surface area contributed by atoms with Crippen LogP contribution in [0.3, 0.4) is 0 Å². The van der Waals surface area contributed by atoms with Gasteiger partial charge in [0.25, 0.3) is 5.56 Å². The minimum Gasteiger partial charge on any atom is -0.458 e. The number of likely N-dealkylation sites (N-methyl/N-ethyl adjacent to an activating group) is 1. The van der Waals surface area contributed by atoms with Gasteiger partial charge in [-0.25, -0.2) is 9.78 Å². The molecule has 6 heterocycles. The van der Waals surface area contributed by atoms with E-state index < -0.39 is 12.1 Å². The second-order valence-corrected chi connectivity index (χ2v) is 9.58. The first-order valence-corrected chi connectivity index (χ1v) is 12.8. The summed E-state index contributed by atoms with van der Waals surface area (Å²) in [6, 6.07) is 5.60. The van der Waals surface area contributed by atoms with E-state index in [-0.39, 0.29) is 19.0 Å². The highest BCUT2D eigenvalue weighted by Crippen LogP contribution is 2.42. The molecule has 0 spiro atoms. The van der Waals surface area contributed by atoms with Crippen molar-refractivity contribution in [3.8, 4) is 22.9 Å². The second kappa shape index (κ2) is 9.13. The fraction of sp³-hybridized carbons (Fsp3) is 0.444. The molecule has 1 saturated heterocycles. The van der Waals surface area contributed by atoms with Crippen LogP contribution < -0.4 is 15.0 Å². The quantitative estimate of drug-likeness (QED) is 0.409. The average molecular weight is 507 g/mol. The van der Waals surface area contributed by atoms with Gasteiger partial charge in [-0.2, -0.15) is 0 Å². The molecule has 0 radical (unpaired) electrons. The fourth-order valence-electron chi connectivity index (χ4n) is 5.51. The molecule has 3 aromatic rings. The van der Waals surface area contributed by atoms with Crippen LogP contribution in [0.4, 0.5) is 0 Å². The molecule has 1 atom stereocenters. The third-order valence-electron chi connectivity index (χ3n) is 7.55. The molecule has 1 fully saturated rings. The summed E-state index contributed by atoms with van der Waals surface area (Å²) in [6.45, 7) is 9.04. The van der Waals surface area contributed by atoms with Crippen molar-refractivity contribution in [2.45, 2.75) is 39.6 Å². The van der Waals surface area contributed by atoms with Crippen LogP contribution >= 0.6 is 0 Å². The molecule has 4 aliphatic heterocycles. The highest BCUT2D eigenvalue weighted by molar-refractivity contribution is 5.91. The van der Waals surface area contributed by atoms with Crippen molar-refractivity contribution in [1.29, 1.82) is 0 Å². The van der Waals surface area contributed by atoms with Crippen LogP contribution in [0.1, 0.15) is 42.2 Å². The number of fused-ring (bicyclic) bond motifs is 6. The molecule has 0 bridgehead atoms. The zero-order valence-corrected chi connectivity index (χ0v) is 21.2. The number of ether oxygens (including phenoxy) is 3. The number of nitrogens with zero attached hydrogens (tertiary/aromatic N) is 4. The van der Waals surface area contributed by atoms with Gasteiger partial charge in [0.15, 0.2) is 17.6 Å². The highest BCUT2D eigenvalue weighted by atomic mass is 16.7. The molecule has 1 unspecified atom stereocenters. The molecule has 10 nitrogen and oxygen atoms in total. The fourth-order valence-corrected chi connectivity index (χ4v) is 5.51. The normalized spacial score (nSPS) is 20.1. The predicted molar refractivity (Wildman–Crippen MR) is 136 cm³/mol. The number of rotatable bonds is 2. The number of piperazine rings is 1. The molecule has 0 amide bonds. The van der Waals surface area contributed by atoms with Gasteiger partial charge in [-0.3, -0.25) is 9.69 Å². The number of cyclic esters (lactones) is 1. The topological polar surface area (TPSA) is 106 Å². The Bertz CT molecular complexity index is 1470. The standard InChI is InChI=1S/C25H24N4O6.C2H6/c1-27-2-4-28(5-3-27)9-15-13-7-20-21(35-12-34-20)8-18(13)26-22-16(15)10-29-19(22)6-14-17(24(29)31)11-33-25(32)23(14)30;1-2/h6-8,23,30H,2-5,9-12H2,1H3;1-2H3. The van der Waals surface area contributed by atoms with Gasteiger partial charge in [-0.1, -0.05) is 13.8 Å². The number of aliphatic hydroxyl groups excluding tert-OH is 1. The number of hydrogen-bond acceptors (Lipinski definition) is 9. The molecule has 4 aliphatic rings. The maximum atomic E-state index is 13.4. The highest BCUT2D eigenvalue weighted by Gasteiger charge is 2.35. The Kier molecular flexibility index (Phi) is 5.89. The Hall–Kier alpha value is -3.47. The van der Waals surface area contributed by atoms with Crippen LogP contribution in [0.15, 0.2) is 23.0 Å². The van der Waals surface area contributed by atoms with Crippen molar-refractivity contribution in [2.75, 3.05) is 40.0 Å². The van der Waals surface area contributed by atoms with E-state index in [0.29, 0.717) is 40.6 Å². The van der Waals surface area contributed by atoms with E-state index in [2.05, 4.69) is 16.8 Å². The number of hydrogen-bond donors (Lipinski definition) is 1. The van der Waals surface area contributed by atoms with E-state index in [1.165, 1.54) is 0 Å². The number of carbonyl (C=O) groups is 1. The van der Waals surface area contributed by atoms with Crippen molar-refractivity contribution in [3.63, 3.8) is 0 Å². The lowest BCUT2D eigenvalue weighted by atomic mass is 9.98. The van der Waals surface area contributed by atoms with E-state index >= 15 is 0 Å². The minimum absolute atomic E-state index is 0.133. The summed E-state index contributed by atoms with van der Waals surface area (Å²) >= 11 is 0. The molecule has 0 aliphatic carbocycles. The number of aliphatic hydroxyl groups is 1. The van der Waals surface area contributed by atoms with Gasteiger partial charge >= 0.3 is 5.97 Å². The maximum absolute atomic E-state index is 13.4. The summed E-state index contributed by atoms with van der Waals surface area (Å²) in [5.41, 5.74) is 4.53. The summed E-state index contributed by atoms with van der Waals surface area (Å²) in [4.78, 5) is 35.1. The molecule has 10 heteroatoms. The second-order valence-electron chi connectivity index (χ2n) is 9.58. The lowest BCUT2D eigenvalue weighted by molar-refractivity contribution is -0.157. The molecular formula is C27H30N4O6. The minimum atomic E-state index is -1.47. The molecule has 0 saturated carbocycles. The maximum Gasteiger partial charge on any atom is 0.340 e. The zero-order valence-electron chi connectivity index (χ0n) is 21.2. The summed E-state index contributed by atoms with van der Waals surface area (Å²) in [7, 11) is 2.13. The van der Waals surface area contributed by atoms with Crippen molar-refractivity contribution >= 4 is 16.9 Å². The van der Waals surface area contributed by atoms with E-state index in [1.54, 1.807) is 10.6 Å². The Morgan fingerprint density at radius 3 is 2.49 bits per heavy atom. The van der Waals surface area contributed by atoms with E-state index in [0.717, 1.165) is 54.8 Å². The molecule has 2 aromatic heterocycles. The molecule has 7 rings (SSSR count). The van der Waals surface area contributed by atoms with Crippen molar-refractivity contribution < 1.29 is 24.1 Å². The van der Waals surface area contributed by atoms with E-state index in [4.69, 9.17) is 19.2 Å². The third kappa shape index (κ3) is 3.78. The Morgan fingerprint density at radius 1 is 1.00 bits per heavy atom. The van der Waals surface area contributed by atoms with Gasteiger partial charge in [0.05, 0.1) is 29.0 Å². The number of pyridine rings is 2. The number of carbonyl (C=O) groups excluding carboxylic acids is 1. The van der Waals surface area contributed by atoms with Gasteiger partial charge in [0.1, 0.15) is 6.61 Å². The molecule has 1 N–H and O–H groups in total. The van der Waals surface area contributed by atoms with Crippen molar-refractivity contribution in [1.82, 2.24) is 19.4 Å². The first-order chi connectivity index (χ1) is 18.0. The summed E-state index contributed by atoms with van der Waals surface area (Å²) < 4.78 is 17.9. The number of benzene rings is 1. The summed E-state index contributed by atoms with van der Waals surface area (Å²) in [5, 5.41) is 11.4. The van der Waals surface area contributed by atoms with Crippen LogP contribution in [0.25, 0.3) is 22.3 Å². The van der Waals surface area contributed by atoms with Gasteiger partial charge < -0.3 is 28.8 Å². The van der Waals surface area contributed by atoms with E-state index in [9.17, 15) is 14.7 Å². The largest absolute Gasteiger partial charge is 0.458 e. The predicted octanol–water partition coefficient (Wildman–Crippen LogP) is 2.02. The van der Waals surface area contributed by atoms with Gasteiger partial charge in [0.2, 0.25) is 6.79 Å². The monoisotopic (exact) mass is 506 g/mol. The summed E-state index contributed by atoms with van der Waals surface area (Å²) in [6.07, 6.45) is -1.47. The van der Waals surface area contributed by atoms with Gasteiger partial charge in [0, 0.05) is 55.3 Å². The van der Waals surface area contributed by atoms with Crippen LogP contribution in [0.5, 0.6) is 11.5 Å². The number of esters is 1. The molecule has 194 valence electrons. The smallest absolute Gasteiger partial charge is 0.340 e. The van der Waals surface area contributed by atoms with Crippen LogP contribution in [0, 0.1) is 0 Å². The number of aromatic nitrogens is 2. The lowest BCUT2D eigenvalue weighted by Gasteiger charge is -2.33. The van der Waals surface area contributed by atoms with Crippen molar-refractivity contribution in [3.05, 3.63) is 50.8 Å². The molecular weight excluding hydrogens is 476 g/mol. The van der Waals surface area contributed by atoms with Crippen LogP contribution in [0.2, 0.25) is 0 Å². The van der Waals surface area contributed by atoms with E-state index in [1.807, 2.05) is 26.0 Å². The zero-order chi connectivity index (χ0) is 25.8. The third-order valence-corrected chi connectivity index (χ3v) is 7.55. The van der Waals surface area contributed by atoms with Gasteiger partial charge in [-0.15, -0.1) is 0 Å². The molecule has 37 heavy (non-hydrogen) atoms. The average Bonchev–Trinajstić information content (AvgIpc) is 3.52. The first-order valence-electron chi connectivity index (χ1n) is 12.8. The molecule has 1 aromatic carbocycles. The lowest BCUT2D eigenvalue weighted by Crippen LogP contribution is -2.44. The SMILES string of the molecule is CC.CN1CCN(Cc2c3c(nc4cc5c(cc24)OCO5)-c2cc4c(c(=O)n2C3)COC(=O)C4O)CC1. The van der Waals surface area contributed by atoms with Crippen LogP contribution in [-0.2, 0) is 29.2 Å². The Labute approximate surface area is 214 Å². The van der Waals surface area contributed by atoms with Gasteiger partial charge in [-0.05, 0) is 24.7 Å². The Morgan fingerprint density at radius 2 is 1.73 bits per heavy atom. The Balaban J connectivity index is 0.00000123. The summed E-state index contributed by atoms with van der Waals surface area (Å²) in [5.74, 6) is 0.602.